The van der Waals surface area contributed by atoms with Gasteiger partial charge >= 0.3 is 0 Å². The number of nitrogens with zero attached hydrogens (tertiary/aromatic N) is 3. The number of ether oxygens (including phenoxy) is 1. The van der Waals surface area contributed by atoms with Crippen LogP contribution in [0.1, 0.15) is 28.8 Å². The molecule has 1 aliphatic rings. The van der Waals surface area contributed by atoms with E-state index < -0.39 is 0 Å². The third-order valence-electron chi connectivity index (χ3n) is 4.90. The Balaban J connectivity index is 1.32. The topological polar surface area (TPSA) is 55.3 Å². The number of rotatable bonds is 4. The van der Waals surface area contributed by atoms with Crippen LogP contribution in [0.4, 0.5) is 0 Å². The number of piperidine rings is 1. The largest absolute Gasteiger partial charge is 0.477 e. The summed E-state index contributed by atoms with van der Waals surface area (Å²) in [5.41, 5.74) is 4.57. The van der Waals surface area contributed by atoms with E-state index in [9.17, 15) is 4.79 Å². The highest BCUT2D eigenvalue weighted by atomic mass is 32.1. The number of carbonyl (C=O) groups excluding carboxylic acids is 1. The monoisotopic (exact) mass is 367 g/mol. The minimum absolute atomic E-state index is 0.111. The van der Waals surface area contributed by atoms with Crippen molar-refractivity contribution in [3.8, 4) is 5.88 Å². The van der Waals surface area contributed by atoms with Gasteiger partial charge < -0.3 is 9.64 Å². The van der Waals surface area contributed by atoms with Crippen molar-refractivity contribution in [2.75, 3.05) is 19.7 Å². The van der Waals surface area contributed by atoms with Crippen LogP contribution < -0.4 is 4.74 Å². The second-order valence-electron chi connectivity index (χ2n) is 6.71. The summed E-state index contributed by atoms with van der Waals surface area (Å²) in [5.74, 6) is 1.29. The molecule has 3 heterocycles. The van der Waals surface area contributed by atoms with E-state index in [2.05, 4.69) is 9.97 Å². The first-order valence-electron chi connectivity index (χ1n) is 8.87. The van der Waals surface area contributed by atoms with E-state index in [-0.39, 0.29) is 5.91 Å². The second-order valence-corrected chi connectivity index (χ2v) is 7.59. The summed E-state index contributed by atoms with van der Waals surface area (Å²) in [6.07, 6.45) is 3.67. The van der Waals surface area contributed by atoms with Crippen LogP contribution in [0.5, 0.6) is 5.88 Å². The molecule has 1 aliphatic heterocycles. The zero-order valence-electron chi connectivity index (χ0n) is 14.7. The van der Waals surface area contributed by atoms with Crippen LogP contribution in [0.25, 0.3) is 10.2 Å². The second kappa shape index (κ2) is 7.41. The van der Waals surface area contributed by atoms with Crippen LogP contribution in [-0.2, 0) is 0 Å². The first-order valence-corrected chi connectivity index (χ1v) is 9.75. The summed E-state index contributed by atoms with van der Waals surface area (Å²) < 4.78 is 6.94. The predicted octanol–water partition coefficient (Wildman–Crippen LogP) is 3.93. The Morgan fingerprint density at radius 2 is 2.12 bits per heavy atom. The van der Waals surface area contributed by atoms with Crippen molar-refractivity contribution < 1.29 is 9.53 Å². The quantitative estimate of drug-likeness (QED) is 0.701. The maximum atomic E-state index is 12.8. The molecule has 0 N–H and O–H groups in total. The third kappa shape index (κ3) is 3.55. The third-order valence-corrected chi connectivity index (χ3v) is 5.69. The number of amides is 1. The van der Waals surface area contributed by atoms with Gasteiger partial charge in [-0.15, -0.1) is 11.3 Å². The maximum Gasteiger partial charge on any atom is 0.253 e. The van der Waals surface area contributed by atoms with E-state index in [0.717, 1.165) is 47.3 Å². The fraction of sp³-hybridized carbons (Fsp3) is 0.350. The normalized spacial score (nSPS) is 15.3. The van der Waals surface area contributed by atoms with Gasteiger partial charge in [-0.2, -0.15) is 0 Å². The van der Waals surface area contributed by atoms with Gasteiger partial charge in [-0.1, -0.05) is 6.07 Å². The summed E-state index contributed by atoms with van der Waals surface area (Å²) in [4.78, 5) is 23.3. The molecular weight excluding hydrogens is 346 g/mol. The van der Waals surface area contributed by atoms with Gasteiger partial charge in [0.1, 0.15) is 0 Å². The van der Waals surface area contributed by atoms with Gasteiger partial charge in [0.2, 0.25) is 5.88 Å². The van der Waals surface area contributed by atoms with Crippen LogP contribution in [0.2, 0.25) is 0 Å². The van der Waals surface area contributed by atoms with Crippen molar-refractivity contribution in [3.05, 3.63) is 53.2 Å². The van der Waals surface area contributed by atoms with Crippen LogP contribution >= 0.6 is 11.3 Å². The average Bonchev–Trinajstić information content (AvgIpc) is 3.15. The minimum Gasteiger partial charge on any atom is -0.477 e. The van der Waals surface area contributed by atoms with E-state index in [4.69, 9.17) is 4.74 Å². The number of aromatic nitrogens is 2. The summed E-state index contributed by atoms with van der Waals surface area (Å²) in [7, 11) is 0. The zero-order valence-corrected chi connectivity index (χ0v) is 15.5. The van der Waals surface area contributed by atoms with Gasteiger partial charge in [-0.25, -0.2) is 9.97 Å². The lowest BCUT2D eigenvalue weighted by Gasteiger charge is -2.32. The molecule has 0 radical (unpaired) electrons. The number of pyridine rings is 1. The van der Waals surface area contributed by atoms with Crippen molar-refractivity contribution in [1.82, 2.24) is 14.9 Å². The Bertz CT molecular complexity index is 916. The molecule has 26 heavy (non-hydrogen) atoms. The van der Waals surface area contributed by atoms with E-state index in [1.807, 2.05) is 47.7 Å². The highest BCUT2D eigenvalue weighted by Gasteiger charge is 2.24. The van der Waals surface area contributed by atoms with E-state index in [1.165, 1.54) is 0 Å². The average molecular weight is 367 g/mol. The molecule has 0 spiro atoms. The molecule has 6 heteroatoms. The summed E-state index contributed by atoms with van der Waals surface area (Å²) in [6, 6.07) is 9.67. The molecular formula is C20H21N3O2S. The molecule has 134 valence electrons. The molecule has 0 saturated carbocycles. The maximum absolute atomic E-state index is 12.8. The van der Waals surface area contributed by atoms with Crippen LogP contribution in [0.3, 0.4) is 0 Å². The van der Waals surface area contributed by atoms with Gasteiger partial charge in [0.25, 0.3) is 5.91 Å². The van der Waals surface area contributed by atoms with Crippen LogP contribution in [0, 0.1) is 12.8 Å². The Morgan fingerprint density at radius 3 is 2.92 bits per heavy atom. The fourth-order valence-electron chi connectivity index (χ4n) is 3.29. The standard InChI is InChI=1S/C20H21N3O2S/c1-14-3-2-8-21-19(14)25-12-15-6-9-23(10-7-15)20(24)16-4-5-17-18(11-16)26-13-22-17/h2-5,8,11,13,15H,6-7,9-10,12H2,1H3. The highest BCUT2D eigenvalue weighted by Crippen LogP contribution is 2.23. The lowest BCUT2D eigenvalue weighted by molar-refractivity contribution is 0.0659. The molecule has 0 bridgehead atoms. The molecule has 0 atom stereocenters. The van der Waals surface area contributed by atoms with Crippen molar-refractivity contribution in [2.45, 2.75) is 19.8 Å². The highest BCUT2D eigenvalue weighted by molar-refractivity contribution is 7.16. The lowest BCUT2D eigenvalue weighted by atomic mass is 9.97. The summed E-state index contributed by atoms with van der Waals surface area (Å²) in [5, 5.41) is 0. The van der Waals surface area contributed by atoms with E-state index >= 15 is 0 Å². The van der Waals surface area contributed by atoms with Crippen molar-refractivity contribution in [3.63, 3.8) is 0 Å². The molecule has 1 amide bonds. The first-order chi connectivity index (χ1) is 12.7. The predicted molar refractivity (Wildman–Crippen MR) is 103 cm³/mol. The number of hydrogen-bond acceptors (Lipinski definition) is 5. The number of hydrogen-bond donors (Lipinski definition) is 0. The van der Waals surface area contributed by atoms with Gasteiger partial charge in [0.05, 0.1) is 22.3 Å². The number of likely N-dealkylation sites (tertiary alicyclic amines) is 1. The van der Waals surface area contributed by atoms with Crippen molar-refractivity contribution >= 4 is 27.5 Å². The number of carbonyl (C=O) groups is 1. The number of thiazole rings is 1. The Morgan fingerprint density at radius 1 is 1.27 bits per heavy atom. The zero-order chi connectivity index (χ0) is 17.9. The smallest absolute Gasteiger partial charge is 0.253 e. The molecule has 1 aromatic carbocycles. The van der Waals surface area contributed by atoms with Crippen LogP contribution in [0.15, 0.2) is 42.0 Å². The van der Waals surface area contributed by atoms with Crippen molar-refractivity contribution in [1.29, 1.82) is 0 Å². The number of aryl methyl sites for hydroxylation is 1. The summed E-state index contributed by atoms with van der Waals surface area (Å²) in [6.45, 7) is 4.21. The Labute approximate surface area is 156 Å². The lowest BCUT2D eigenvalue weighted by Crippen LogP contribution is -2.39. The van der Waals surface area contributed by atoms with Gasteiger partial charge in [-0.05, 0) is 49.9 Å². The van der Waals surface area contributed by atoms with Crippen molar-refractivity contribution in [2.24, 2.45) is 5.92 Å². The summed E-state index contributed by atoms with van der Waals surface area (Å²) >= 11 is 1.57. The first kappa shape index (κ1) is 17.0. The molecule has 4 rings (SSSR count). The molecule has 0 aliphatic carbocycles. The molecule has 2 aromatic heterocycles. The molecule has 1 fully saturated rings. The minimum atomic E-state index is 0.111. The number of benzene rings is 1. The number of fused-ring (bicyclic) bond motifs is 1. The van der Waals surface area contributed by atoms with Crippen LogP contribution in [-0.4, -0.2) is 40.5 Å². The fourth-order valence-corrected chi connectivity index (χ4v) is 4.01. The van der Waals surface area contributed by atoms with E-state index in [1.54, 1.807) is 17.5 Å². The Hall–Kier alpha value is -2.47. The molecule has 3 aromatic rings. The molecule has 5 nitrogen and oxygen atoms in total. The van der Waals surface area contributed by atoms with Gasteiger partial charge in [0.15, 0.2) is 0 Å². The van der Waals surface area contributed by atoms with E-state index in [0.29, 0.717) is 18.4 Å². The molecule has 1 saturated heterocycles. The van der Waals surface area contributed by atoms with Gasteiger partial charge in [-0.3, -0.25) is 4.79 Å². The molecule has 0 unspecified atom stereocenters. The SMILES string of the molecule is Cc1cccnc1OCC1CCN(C(=O)c2ccc3ncsc3c2)CC1. The Kier molecular flexibility index (Phi) is 4.84. The van der Waals surface area contributed by atoms with Gasteiger partial charge in [0, 0.05) is 30.4 Å².